The van der Waals surface area contributed by atoms with Gasteiger partial charge in [0.15, 0.2) is 5.78 Å². The average Bonchev–Trinajstić information content (AvgIpc) is 2.85. The summed E-state index contributed by atoms with van der Waals surface area (Å²) in [7, 11) is 1.26. The Balaban J connectivity index is 2.24. The maximum absolute atomic E-state index is 11.9. The molecule has 0 fully saturated rings. The second-order valence-corrected chi connectivity index (χ2v) is 4.19. The van der Waals surface area contributed by atoms with Crippen molar-refractivity contribution in [3.05, 3.63) is 47.8 Å². The molecule has 0 N–H and O–H groups in total. The van der Waals surface area contributed by atoms with Crippen LogP contribution in [0.1, 0.15) is 22.3 Å². The molecule has 5 heteroatoms. The summed E-state index contributed by atoms with van der Waals surface area (Å²) in [6, 6.07) is 6.99. The van der Waals surface area contributed by atoms with Crippen LogP contribution in [0, 0.1) is 6.92 Å². The zero-order valence-electron chi connectivity index (χ0n) is 10.8. The molecule has 2 rings (SSSR count). The molecule has 2 aromatic rings. The summed E-state index contributed by atoms with van der Waals surface area (Å²) in [6.07, 6.45) is 3.35. The van der Waals surface area contributed by atoms with Gasteiger partial charge in [-0.3, -0.25) is 9.59 Å². The molecule has 98 valence electrons. The summed E-state index contributed by atoms with van der Waals surface area (Å²) >= 11 is 0. The van der Waals surface area contributed by atoms with Gasteiger partial charge in [0, 0.05) is 11.8 Å². The van der Waals surface area contributed by atoms with Gasteiger partial charge in [0.25, 0.3) is 0 Å². The van der Waals surface area contributed by atoms with Crippen LogP contribution in [0.4, 0.5) is 0 Å². The summed E-state index contributed by atoms with van der Waals surface area (Å²) in [4.78, 5) is 23.0. The zero-order chi connectivity index (χ0) is 13.8. The molecule has 0 atom stereocenters. The highest BCUT2D eigenvalue weighted by atomic mass is 16.5. The van der Waals surface area contributed by atoms with E-state index in [9.17, 15) is 9.59 Å². The first kappa shape index (κ1) is 13.0. The molecule has 19 heavy (non-hydrogen) atoms. The number of benzene rings is 1. The molecule has 1 aromatic carbocycles. The molecule has 0 bridgehead atoms. The molecule has 0 aliphatic rings. The first-order chi connectivity index (χ1) is 9.10. The standard InChI is InChI=1S/C14H14N2O3/c1-10-8-15-16(9-10)12-5-3-4-11(6-12)13(17)7-14(18)19-2/h3-6,8-9H,7H2,1-2H3. The summed E-state index contributed by atoms with van der Waals surface area (Å²) in [5.74, 6) is -0.803. The molecule has 5 nitrogen and oxygen atoms in total. The van der Waals surface area contributed by atoms with Gasteiger partial charge in [-0.05, 0) is 24.6 Å². The fraction of sp³-hybridized carbons (Fsp3) is 0.214. The number of esters is 1. The normalized spacial score (nSPS) is 10.2. The number of aryl methyl sites for hydroxylation is 1. The van der Waals surface area contributed by atoms with E-state index in [-0.39, 0.29) is 12.2 Å². The van der Waals surface area contributed by atoms with E-state index in [4.69, 9.17) is 0 Å². The Labute approximate surface area is 110 Å². The highest BCUT2D eigenvalue weighted by molar-refractivity contribution is 6.06. The number of carbonyl (C=O) groups is 2. The molecule has 0 saturated heterocycles. The van der Waals surface area contributed by atoms with E-state index in [1.165, 1.54) is 7.11 Å². The summed E-state index contributed by atoms with van der Waals surface area (Å²) in [5.41, 5.74) is 2.28. The third-order valence-corrected chi connectivity index (χ3v) is 2.68. The molecule has 0 aliphatic carbocycles. The molecule has 0 spiro atoms. The lowest BCUT2D eigenvalue weighted by molar-refractivity contribution is -0.139. The van der Waals surface area contributed by atoms with Crippen molar-refractivity contribution in [2.75, 3.05) is 7.11 Å². The Morgan fingerprint density at radius 1 is 1.37 bits per heavy atom. The Morgan fingerprint density at radius 2 is 2.16 bits per heavy atom. The van der Waals surface area contributed by atoms with Crippen molar-refractivity contribution in [1.29, 1.82) is 0 Å². The van der Waals surface area contributed by atoms with Crippen LogP contribution in [-0.4, -0.2) is 28.6 Å². The van der Waals surface area contributed by atoms with Gasteiger partial charge in [0.2, 0.25) is 0 Å². The van der Waals surface area contributed by atoms with Crippen LogP contribution >= 0.6 is 0 Å². The third kappa shape index (κ3) is 3.07. The van der Waals surface area contributed by atoms with E-state index >= 15 is 0 Å². The van der Waals surface area contributed by atoms with Gasteiger partial charge in [-0.25, -0.2) is 4.68 Å². The molecule has 1 heterocycles. The third-order valence-electron chi connectivity index (χ3n) is 2.68. The number of hydrogen-bond acceptors (Lipinski definition) is 4. The number of carbonyl (C=O) groups excluding carboxylic acids is 2. The summed E-state index contributed by atoms with van der Waals surface area (Å²) in [5, 5.41) is 4.18. The molecular formula is C14H14N2O3. The predicted octanol–water partition coefficient (Wildman–Crippen LogP) is 1.93. The van der Waals surface area contributed by atoms with E-state index in [0.717, 1.165) is 11.3 Å². The molecule has 0 saturated carbocycles. The summed E-state index contributed by atoms with van der Waals surface area (Å²) < 4.78 is 6.17. The average molecular weight is 258 g/mol. The van der Waals surface area contributed by atoms with Gasteiger partial charge < -0.3 is 4.74 Å². The van der Waals surface area contributed by atoms with Crippen molar-refractivity contribution in [3.63, 3.8) is 0 Å². The van der Waals surface area contributed by atoms with Crippen molar-refractivity contribution in [2.45, 2.75) is 13.3 Å². The first-order valence-electron chi connectivity index (χ1n) is 5.82. The minimum Gasteiger partial charge on any atom is -0.469 e. The Bertz CT molecular complexity index is 617. The Kier molecular flexibility index (Phi) is 3.75. The number of Topliss-reactive ketones (excluding diaryl/α,β-unsaturated/α-hetero) is 1. The number of nitrogens with zero attached hydrogens (tertiary/aromatic N) is 2. The molecule has 1 aromatic heterocycles. The molecular weight excluding hydrogens is 244 g/mol. The second kappa shape index (κ2) is 5.48. The number of hydrogen-bond donors (Lipinski definition) is 0. The van der Waals surface area contributed by atoms with Crippen molar-refractivity contribution in [1.82, 2.24) is 9.78 Å². The minimum atomic E-state index is -0.537. The van der Waals surface area contributed by atoms with Crippen LogP contribution in [0.25, 0.3) is 5.69 Å². The Morgan fingerprint density at radius 3 is 2.79 bits per heavy atom. The first-order valence-corrected chi connectivity index (χ1v) is 5.82. The quantitative estimate of drug-likeness (QED) is 0.477. The molecule has 0 radical (unpaired) electrons. The van der Waals surface area contributed by atoms with Crippen LogP contribution in [0.5, 0.6) is 0 Å². The maximum atomic E-state index is 11.9. The van der Waals surface area contributed by atoms with Gasteiger partial charge in [0.05, 0.1) is 19.0 Å². The van der Waals surface area contributed by atoms with E-state index in [2.05, 4.69) is 9.84 Å². The lowest BCUT2D eigenvalue weighted by atomic mass is 10.1. The van der Waals surface area contributed by atoms with Crippen LogP contribution in [-0.2, 0) is 9.53 Å². The van der Waals surface area contributed by atoms with Crippen LogP contribution in [0.3, 0.4) is 0 Å². The van der Waals surface area contributed by atoms with Crippen LogP contribution in [0.2, 0.25) is 0 Å². The van der Waals surface area contributed by atoms with Gasteiger partial charge in [-0.2, -0.15) is 5.10 Å². The van der Waals surface area contributed by atoms with E-state index in [1.54, 1.807) is 29.1 Å². The number of ketones is 1. The number of aromatic nitrogens is 2. The zero-order valence-corrected chi connectivity index (χ0v) is 10.8. The van der Waals surface area contributed by atoms with E-state index in [0.29, 0.717) is 5.56 Å². The summed E-state index contributed by atoms with van der Waals surface area (Å²) in [6.45, 7) is 1.94. The largest absolute Gasteiger partial charge is 0.469 e. The predicted molar refractivity (Wildman–Crippen MR) is 69.3 cm³/mol. The monoisotopic (exact) mass is 258 g/mol. The van der Waals surface area contributed by atoms with Gasteiger partial charge in [-0.15, -0.1) is 0 Å². The van der Waals surface area contributed by atoms with Crippen LogP contribution in [0.15, 0.2) is 36.7 Å². The fourth-order valence-corrected chi connectivity index (χ4v) is 1.68. The van der Waals surface area contributed by atoms with Crippen molar-refractivity contribution < 1.29 is 14.3 Å². The lowest BCUT2D eigenvalue weighted by Crippen LogP contribution is -2.10. The lowest BCUT2D eigenvalue weighted by Gasteiger charge is -2.04. The van der Waals surface area contributed by atoms with E-state index in [1.807, 2.05) is 19.2 Å². The smallest absolute Gasteiger partial charge is 0.313 e. The maximum Gasteiger partial charge on any atom is 0.313 e. The topological polar surface area (TPSA) is 61.2 Å². The highest BCUT2D eigenvalue weighted by Gasteiger charge is 2.12. The molecule has 0 amide bonds. The van der Waals surface area contributed by atoms with Crippen molar-refractivity contribution >= 4 is 11.8 Å². The van der Waals surface area contributed by atoms with E-state index < -0.39 is 5.97 Å². The van der Waals surface area contributed by atoms with Crippen molar-refractivity contribution in [3.8, 4) is 5.69 Å². The second-order valence-electron chi connectivity index (χ2n) is 4.19. The molecule has 0 unspecified atom stereocenters. The van der Waals surface area contributed by atoms with Gasteiger partial charge >= 0.3 is 5.97 Å². The molecule has 0 aliphatic heterocycles. The van der Waals surface area contributed by atoms with Crippen molar-refractivity contribution in [2.24, 2.45) is 0 Å². The van der Waals surface area contributed by atoms with Crippen LogP contribution < -0.4 is 0 Å². The highest BCUT2D eigenvalue weighted by Crippen LogP contribution is 2.12. The Hall–Kier alpha value is -2.43. The minimum absolute atomic E-state index is 0.252. The number of rotatable bonds is 4. The SMILES string of the molecule is COC(=O)CC(=O)c1cccc(-n2cc(C)cn2)c1. The van der Waals surface area contributed by atoms with Gasteiger partial charge in [-0.1, -0.05) is 12.1 Å². The number of ether oxygens (including phenoxy) is 1. The van der Waals surface area contributed by atoms with Gasteiger partial charge in [0.1, 0.15) is 6.42 Å². The fourth-order valence-electron chi connectivity index (χ4n) is 1.68. The number of methoxy groups -OCH3 is 1.